The van der Waals surface area contributed by atoms with Crippen LogP contribution in [0.1, 0.15) is 5.56 Å². The molecule has 0 fully saturated rings. The maximum Gasteiger partial charge on any atom is 0.323 e. The predicted octanol–water partition coefficient (Wildman–Crippen LogP) is 3.24. The van der Waals surface area contributed by atoms with E-state index in [0.717, 1.165) is 22.2 Å². The Morgan fingerprint density at radius 3 is 2.81 bits per heavy atom. The molecule has 1 aromatic carbocycles. The van der Waals surface area contributed by atoms with E-state index in [0.29, 0.717) is 5.56 Å². The summed E-state index contributed by atoms with van der Waals surface area (Å²) in [6, 6.07) is 8.51. The van der Waals surface area contributed by atoms with E-state index in [2.05, 4.69) is 4.98 Å². The van der Waals surface area contributed by atoms with Gasteiger partial charge in [0.2, 0.25) is 0 Å². The Labute approximate surface area is 120 Å². The smallest absolute Gasteiger partial charge is 0.323 e. The zero-order chi connectivity index (χ0) is 15.0. The molecule has 0 aliphatic heterocycles. The van der Waals surface area contributed by atoms with Gasteiger partial charge in [-0.25, -0.2) is 4.39 Å². The molecule has 0 radical (unpaired) electrons. The number of nitrogens with zero attached hydrogens (tertiary/aromatic N) is 2. The van der Waals surface area contributed by atoms with E-state index in [1.54, 1.807) is 42.1 Å². The van der Waals surface area contributed by atoms with E-state index >= 15 is 0 Å². The molecule has 21 heavy (non-hydrogen) atoms. The van der Waals surface area contributed by atoms with E-state index in [1.807, 2.05) is 6.07 Å². The maximum atomic E-state index is 13.3. The summed E-state index contributed by atoms with van der Waals surface area (Å²) in [6.07, 6.45) is 3.41. The van der Waals surface area contributed by atoms with Crippen LogP contribution in [0.5, 0.6) is 0 Å². The minimum absolute atomic E-state index is 0.114. The quantitative estimate of drug-likeness (QED) is 0.803. The van der Waals surface area contributed by atoms with Crippen molar-refractivity contribution in [2.75, 3.05) is 0 Å². The first-order chi connectivity index (χ1) is 10.0. The van der Waals surface area contributed by atoms with Gasteiger partial charge in [-0.05, 0) is 42.3 Å². The summed E-state index contributed by atoms with van der Waals surface area (Å²) in [5, 5.41) is 8.92. The van der Waals surface area contributed by atoms with E-state index in [-0.39, 0.29) is 12.4 Å². The minimum atomic E-state index is -0.907. The van der Waals surface area contributed by atoms with Crippen LogP contribution in [0.25, 0.3) is 22.2 Å². The molecule has 1 N–H and O–H groups in total. The molecule has 3 rings (SSSR count). The summed E-state index contributed by atoms with van der Waals surface area (Å²) in [4.78, 5) is 15.2. The monoisotopic (exact) mass is 284 g/mol. The Balaban J connectivity index is 2.10. The molecule has 4 nitrogen and oxygen atoms in total. The largest absolute Gasteiger partial charge is 0.480 e. The minimum Gasteiger partial charge on any atom is -0.480 e. The van der Waals surface area contributed by atoms with Crippen molar-refractivity contribution < 1.29 is 14.3 Å². The molecule has 0 aliphatic rings. The molecular weight excluding hydrogens is 271 g/mol. The number of aliphatic carboxylic acids is 1. The van der Waals surface area contributed by atoms with Gasteiger partial charge in [0.15, 0.2) is 0 Å². The number of halogens is 1. The number of hydrogen-bond acceptors (Lipinski definition) is 2. The molecule has 2 heterocycles. The van der Waals surface area contributed by atoms with Gasteiger partial charge in [-0.3, -0.25) is 9.78 Å². The zero-order valence-electron chi connectivity index (χ0n) is 11.4. The van der Waals surface area contributed by atoms with Gasteiger partial charge in [-0.15, -0.1) is 0 Å². The van der Waals surface area contributed by atoms with Gasteiger partial charge >= 0.3 is 5.97 Å². The third-order valence-corrected chi connectivity index (χ3v) is 3.42. The van der Waals surface area contributed by atoms with Crippen molar-refractivity contribution in [1.29, 1.82) is 0 Å². The second-order valence-electron chi connectivity index (χ2n) is 4.93. The Morgan fingerprint density at radius 2 is 2.10 bits per heavy atom. The van der Waals surface area contributed by atoms with Crippen molar-refractivity contribution in [2.24, 2.45) is 0 Å². The lowest BCUT2D eigenvalue weighted by Crippen LogP contribution is -2.07. The first-order valence-electron chi connectivity index (χ1n) is 6.48. The standard InChI is InChI=1S/C16H13FN2O2/c1-10-6-11(2-3-13(10)17)12-7-15-14(18-8-12)4-5-19(15)9-16(20)21/h2-8H,9H2,1H3,(H,20,21). The second-order valence-corrected chi connectivity index (χ2v) is 4.93. The molecule has 0 atom stereocenters. The van der Waals surface area contributed by atoms with Crippen LogP contribution in [0, 0.1) is 12.7 Å². The highest BCUT2D eigenvalue weighted by Crippen LogP contribution is 2.25. The average molecular weight is 284 g/mol. The summed E-state index contributed by atoms with van der Waals surface area (Å²) in [6.45, 7) is 1.59. The van der Waals surface area contributed by atoms with Crippen molar-refractivity contribution in [3.63, 3.8) is 0 Å². The summed E-state index contributed by atoms with van der Waals surface area (Å²) in [7, 11) is 0. The number of rotatable bonds is 3. The molecule has 0 bridgehead atoms. The molecule has 106 valence electrons. The Bertz CT molecular complexity index is 839. The average Bonchev–Trinajstić information content (AvgIpc) is 2.84. The SMILES string of the molecule is Cc1cc(-c2cnc3ccn(CC(=O)O)c3c2)ccc1F. The lowest BCUT2D eigenvalue weighted by Gasteiger charge is -2.06. The molecule has 0 amide bonds. The van der Waals surface area contributed by atoms with Gasteiger partial charge in [-0.1, -0.05) is 6.07 Å². The van der Waals surface area contributed by atoms with Gasteiger partial charge in [0.05, 0.1) is 11.0 Å². The van der Waals surface area contributed by atoms with Gasteiger partial charge in [-0.2, -0.15) is 0 Å². The number of aryl methyl sites for hydroxylation is 1. The van der Waals surface area contributed by atoms with E-state index in [4.69, 9.17) is 5.11 Å². The van der Waals surface area contributed by atoms with Gasteiger partial charge in [0.1, 0.15) is 12.4 Å². The van der Waals surface area contributed by atoms with Crippen LogP contribution in [0.2, 0.25) is 0 Å². The molecule has 5 heteroatoms. The van der Waals surface area contributed by atoms with Crippen LogP contribution in [-0.2, 0) is 11.3 Å². The normalized spacial score (nSPS) is 11.0. The van der Waals surface area contributed by atoms with Crippen LogP contribution in [0.15, 0.2) is 42.7 Å². The molecule has 0 aliphatic carbocycles. The van der Waals surface area contributed by atoms with Gasteiger partial charge in [0.25, 0.3) is 0 Å². The summed E-state index contributed by atoms with van der Waals surface area (Å²) < 4.78 is 15.0. The molecule has 3 aromatic rings. The number of hydrogen-bond donors (Lipinski definition) is 1. The van der Waals surface area contributed by atoms with Crippen LogP contribution < -0.4 is 0 Å². The zero-order valence-corrected chi connectivity index (χ0v) is 11.4. The number of fused-ring (bicyclic) bond motifs is 1. The highest BCUT2D eigenvalue weighted by Gasteiger charge is 2.08. The van der Waals surface area contributed by atoms with Crippen LogP contribution >= 0.6 is 0 Å². The topological polar surface area (TPSA) is 55.1 Å². The summed E-state index contributed by atoms with van der Waals surface area (Å²) in [5.41, 5.74) is 3.73. The van der Waals surface area contributed by atoms with E-state index < -0.39 is 5.97 Å². The number of carboxylic acids is 1. The van der Waals surface area contributed by atoms with Crippen LogP contribution in [-0.4, -0.2) is 20.6 Å². The molecule has 0 unspecified atom stereocenters. The predicted molar refractivity (Wildman–Crippen MR) is 77.5 cm³/mol. The fraction of sp³-hybridized carbons (Fsp3) is 0.125. The molecule has 2 aromatic heterocycles. The van der Waals surface area contributed by atoms with E-state index in [1.165, 1.54) is 6.07 Å². The fourth-order valence-corrected chi connectivity index (χ4v) is 2.33. The van der Waals surface area contributed by atoms with Gasteiger partial charge < -0.3 is 9.67 Å². The number of benzene rings is 1. The van der Waals surface area contributed by atoms with Gasteiger partial charge in [0, 0.05) is 18.0 Å². The number of pyridine rings is 1. The van der Waals surface area contributed by atoms with Crippen molar-refractivity contribution in [3.05, 3.63) is 54.1 Å². The Kier molecular flexibility index (Phi) is 3.17. The van der Waals surface area contributed by atoms with Crippen molar-refractivity contribution >= 4 is 17.0 Å². The maximum absolute atomic E-state index is 13.3. The molecular formula is C16H13FN2O2. The van der Waals surface area contributed by atoms with Crippen LogP contribution in [0.4, 0.5) is 4.39 Å². The first kappa shape index (κ1) is 13.3. The third-order valence-electron chi connectivity index (χ3n) is 3.42. The molecule has 0 saturated heterocycles. The number of aromatic nitrogens is 2. The Morgan fingerprint density at radius 1 is 1.29 bits per heavy atom. The summed E-state index contributed by atoms with van der Waals surface area (Å²) >= 11 is 0. The molecule has 0 saturated carbocycles. The third kappa shape index (κ3) is 2.50. The lowest BCUT2D eigenvalue weighted by molar-refractivity contribution is -0.137. The molecule has 0 spiro atoms. The first-order valence-corrected chi connectivity index (χ1v) is 6.48. The van der Waals surface area contributed by atoms with E-state index in [9.17, 15) is 9.18 Å². The lowest BCUT2D eigenvalue weighted by atomic mass is 10.0. The Hall–Kier alpha value is -2.69. The number of carbonyl (C=O) groups is 1. The number of carboxylic acid groups (broad SMARTS) is 1. The van der Waals surface area contributed by atoms with Crippen LogP contribution in [0.3, 0.4) is 0 Å². The second kappa shape index (κ2) is 5.01. The summed E-state index contributed by atoms with van der Waals surface area (Å²) in [5.74, 6) is -1.16. The van der Waals surface area contributed by atoms with Crippen molar-refractivity contribution in [3.8, 4) is 11.1 Å². The highest BCUT2D eigenvalue weighted by molar-refractivity contribution is 5.82. The fourth-order valence-electron chi connectivity index (χ4n) is 2.33. The highest BCUT2D eigenvalue weighted by atomic mass is 19.1. The van der Waals surface area contributed by atoms with Crippen molar-refractivity contribution in [1.82, 2.24) is 9.55 Å². The van der Waals surface area contributed by atoms with Crippen molar-refractivity contribution in [2.45, 2.75) is 13.5 Å².